The number of hydrogen-bond acceptors (Lipinski definition) is 2. The van der Waals surface area contributed by atoms with Crippen LogP contribution >= 0.6 is 0 Å². The molecule has 0 spiro atoms. The van der Waals surface area contributed by atoms with Gasteiger partial charge in [-0.15, -0.1) is 0 Å². The minimum atomic E-state index is 0.803. The van der Waals surface area contributed by atoms with Gasteiger partial charge in [-0.25, -0.2) is 0 Å². The van der Waals surface area contributed by atoms with Crippen LogP contribution < -0.4 is 9.80 Å². The van der Waals surface area contributed by atoms with E-state index in [0.29, 0.717) is 0 Å². The predicted octanol–water partition coefficient (Wildman–Crippen LogP) is 17.0. The first kappa shape index (κ1) is 45.1. The van der Waals surface area contributed by atoms with Crippen LogP contribution in [0.1, 0.15) is 44.5 Å². The van der Waals surface area contributed by atoms with Gasteiger partial charge in [0.15, 0.2) is 0 Å². The lowest BCUT2D eigenvalue weighted by atomic mass is 9.91. The van der Waals surface area contributed by atoms with E-state index in [9.17, 15) is 0 Å². The Bertz CT molecular complexity index is 2960. The molecule has 10 aromatic carbocycles. The van der Waals surface area contributed by atoms with E-state index in [1.54, 1.807) is 0 Å². The Morgan fingerprint density at radius 3 is 0.829 bits per heavy atom. The van der Waals surface area contributed by atoms with Crippen molar-refractivity contribution in [3.05, 3.63) is 336 Å². The van der Waals surface area contributed by atoms with Crippen molar-refractivity contribution in [3.8, 4) is 22.3 Å². The largest absolute Gasteiger partial charge is 0.363 e. The zero-order valence-corrected chi connectivity index (χ0v) is 39.4. The number of anilines is 2. The SMILES string of the molecule is C(C=C(c1cccc(-c2ccccc2)c1)c1cccc(-c2ccccc2)c1)=C(c1ccc(N(Cc2ccccc2)Cc2ccccc2)cc1)c1ccc(N(Cc2ccccc2)Cc2ccccc2)cc1. The van der Waals surface area contributed by atoms with E-state index in [2.05, 4.69) is 301 Å². The van der Waals surface area contributed by atoms with Crippen molar-refractivity contribution in [2.45, 2.75) is 26.2 Å². The molecule has 0 fully saturated rings. The van der Waals surface area contributed by atoms with Crippen molar-refractivity contribution >= 4 is 22.5 Å². The first-order chi connectivity index (χ1) is 34.7. The quantitative estimate of drug-likeness (QED) is 0.0840. The molecule has 2 heteroatoms. The van der Waals surface area contributed by atoms with Gasteiger partial charge in [0.05, 0.1) is 0 Å². The summed E-state index contributed by atoms with van der Waals surface area (Å²) < 4.78 is 0. The van der Waals surface area contributed by atoms with Gasteiger partial charge in [-0.05, 0) is 114 Å². The summed E-state index contributed by atoms with van der Waals surface area (Å²) in [6.45, 7) is 3.21. The Labute approximate surface area is 414 Å². The summed E-state index contributed by atoms with van der Waals surface area (Å²) in [6.07, 6.45) is 4.67. The number of nitrogens with zero attached hydrogens (tertiary/aromatic N) is 2. The van der Waals surface area contributed by atoms with Crippen molar-refractivity contribution in [2.24, 2.45) is 0 Å². The molecule has 0 radical (unpaired) electrons. The fourth-order valence-electron chi connectivity index (χ4n) is 9.27. The smallest absolute Gasteiger partial charge is 0.0433 e. The van der Waals surface area contributed by atoms with Gasteiger partial charge in [-0.2, -0.15) is 0 Å². The maximum Gasteiger partial charge on any atom is 0.0433 e. The molecule has 0 saturated heterocycles. The van der Waals surface area contributed by atoms with Crippen LogP contribution in [0, 0.1) is 0 Å². The fraction of sp³-hybridized carbons (Fsp3) is 0.0588. The Balaban J connectivity index is 1.09. The standard InChI is InChI=1S/C68H56N2/c1-7-21-53(22-8-1)49-69(50-54-23-9-2-10-24-54)65-41-37-59(38-42-65)67(60-39-43-66(44-40-60)70(51-55-25-11-3-12-26-55)52-56-27-13-4-14-28-56)45-46-68(63-35-19-33-61(47-63)57-29-15-5-16-30-57)64-36-20-34-62(48-64)58-31-17-6-18-32-58/h1-48H,49-52H2. The molecular formula is C68H56N2. The van der Waals surface area contributed by atoms with Crippen LogP contribution in [0.15, 0.2) is 291 Å². The van der Waals surface area contributed by atoms with E-state index in [1.807, 2.05) is 0 Å². The Morgan fingerprint density at radius 2 is 0.514 bits per heavy atom. The number of benzene rings is 10. The molecule has 0 aromatic heterocycles. The van der Waals surface area contributed by atoms with Crippen LogP contribution in [0.3, 0.4) is 0 Å². The van der Waals surface area contributed by atoms with Gasteiger partial charge in [-0.1, -0.05) is 255 Å². The van der Waals surface area contributed by atoms with Gasteiger partial charge in [0.1, 0.15) is 0 Å². The lowest BCUT2D eigenvalue weighted by Gasteiger charge is -2.26. The van der Waals surface area contributed by atoms with Crippen molar-refractivity contribution in [1.82, 2.24) is 0 Å². The van der Waals surface area contributed by atoms with Gasteiger partial charge in [0, 0.05) is 37.6 Å². The summed E-state index contributed by atoms with van der Waals surface area (Å²) in [6, 6.07) is 101. The van der Waals surface area contributed by atoms with E-state index in [1.165, 1.54) is 55.9 Å². The van der Waals surface area contributed by atoms with Crippen molar-refractivity contribution in [2.75, 3.05) is 9.80 Å². The Kier molecular flexibility index (Phi) is 14.4. The van der Waals surface area contributed by atoms with Crippen LogP contribution in [0.4, 0.5) is 11.4 Å². The summed E-state index contributed by atoms with van der Waals surface area (Å²) in [5.41, 5.74) is 19.1. The molecule has 0 atom stereocenters. The summed E-state index contributed by atoms with van der Waals surface area (Å²) >= 11 is 0. The van der Waals surface area contributed by atoms with Crippen LogP contribution in [0.2, 0.25) is 0 Å². The third-order valence-electron chi connectivity index (χ3n) is 12.9. The molecule has 0 amide bonds. The number of hydrogen-bond donors (Lipinski definition) is 0. The molecular weight excluding hydrogens is 845 g/mol. The van der Waals surface area contributed by atoms with Gasteiger partial charge >= 0.3 is 0 Å². The van der Waals surface area contributed by atoms with Crippen LogP contribution in [0.5, 0.6) is 0 Å². The maximum absolute atomic E-state index is 2.47. The fourth-order valence-corrected chi connectivity index (χ4v) is 9.27. The van der Waals surface area contributed by atoms with Crippen molar-refractivity contribution in [1.29, 1.82) is 0 Å². The first-order valence-corrected chi connectivity index (χ1v) is 24.3. The zero-order valence-electron chi connectivity index (χ0n) is 39.4. The third kappa shape index (κ3) is 11.5. The molecule has 70 heavy (non-hydrogen) atoms. The molecule has 10 aromatic rings. The molecule has 0 N–H and O–H groups in total. The van der Waals surface area contributed by atoms with Crippen molar-refractivity contribution in [3.63, 3.8) is 0 Å². The summed E-state index contributed by atoms with van der Waals surface area (Å²) in [4.78, 5) is 4.94. The van der Waals surface area contributed by atoms with Crippen LogP contribution in [-0.2, 0) is 26.2 Å². The average Bonchev–Trinajstić information content (AvgIpc) is 3.44. The van der Waals surface area contributed by atoms with E-state index in [4.69, 9.17) is 0 Å². The highest BCUT2D eigenvalue weighted by Crippen LogP contribution is 2.34. The van der Waals surface area contributed by atoms with E-state index >= 15 is 0 Å². The second kappa shape index (κ2) is 22.4. The second-order valence-corrected chi connectivity index (χ2v) is 17.8. The molecule has 0 aliphatic rings. The second-order valence-electron chi connectivity index (χ2n) is 17.8. The third-order valence-corrected chi connectivity index (χ3v) is 12.9. The number of allylic oxidation sites excluding steroid dienone is 2. The minimum Gasteiger partial charge on any atom is -0.363 e. The molecule has 0 aliphatic carbocycles. The van der Waals surface area contributed by atoms with E-state index in [-0.39, 0.29) is 0 Å². The summed E-state index contributed by atoms with van der Waals surface area (Å²) in [5.74, 6) is 0. The van der Waals surface area contributed by atoms with Gasteiger partial charge < -0.3 is 9.80 Å². The zero-order chi connectivity index (χ0) is 47.2. The highest BCUT2D eigenvalue weighted by atomic mass is 15.1. The summed E-state index contributed by atoms with van der Waals surface area (Å²) in [5, 5.41) is 0. The molecule has 0 unspecified atom stereocenters. The first-order valence-electron chi connectivity index (χ1n) is 24.3. The van der Waals surface area contributed by atoms with Crippen LogP contribution in [0.25, 0.3) is 33.4 Å². The summed E-state index contributed by atoms with van der Waals surface area (Å²) in [7, 11) is 0. The molecule has 0 heterocycles. The molecule has 2 nitrogen and oxygen atoms in total. The molecule has 0 bridgehead atoms. The maximum atomic E-state index is 2.47. The topological polar surface area (TPSA) is 6.48 Å². The van der Waals surface area contributed by atoms with Crippen molar-refractivity contribution < 1.29 is 0 Å². The monoisotopic (exact) mass is 900 g/mol. The lowest BCUT2D eigenvalue weighted by molar-refractivity contribution is 0.800. The predicted molar refractivity (Wildman–Crippen MR) is 296 cm³/mol. The lowest BCUT2D eigenvalue weighted by Crippen LogP contribution is -2.22. The molecule has 10 rings (SSSR count). The highest BCUT2D eigenvalue weighted by molar-refractivity contribution is 5.89. The molecule has 338 valence electrons. The van der Waals surface area contributed by atoms with Gasteiger partial charge in [0.25, 0.3) is 0 Å². The molecule has 0 saturated carbocycles. The normalized spacial score (nSPS) is 10.8. The minimum absolute atomic E-state index is 0.803. The number of rotatable bonds is 17. The Hall–Kier alpha value is -8.72. The van der Waals surface area contributed by atoms with Gasteiger partial charge in [0.2, 0.25) is 0 Å². The van der Waals surface area contributed by atoms with E-state index in [0.717, 1.165) is 59.6 Å². The van der Waals surface area contributed by atoms with Gasteiger partial charge in [-0.3, -0.25) is 0 Å². The highest BCUT2D eigenvalue weighted by Gasteiger charge is 2.15. The average molecular weight is 901 g/mol. The Morgan fingerprint density at radius 1 is 0.243 bits per heavy atom. The van der Waals surface area contributed by atoms with Crippen LogP contribution in [-0.4, -0.2) is 0 Å². The molecule has 0 aliphatic heterocycles. The van der Waals surface area contributed by atoms with E-state index < -0.39 is 0 Å².